The summed E-state index contributed by atoms with van der Waals surface area (Å²) in [6.07, 6.45) is 0. The Labute approximate surface area is 202 Å². The van der Waals surface area contributed by atoms with Crippen LogP contribution in [0.15, 0.2) is 65.9 Å². The molecule has 1 N–H and O–H groups in total. The van der Waals surface area contributed by atoms with Crippen molar-refractivity contribution in [3.05, 3.63) is 82.6 Å². The van der Waals surface area contributed by atoms with Gasteiger partial charge in [0.25, 0.3) is 0 Å². The Bertz CT molecular complexity index is 1040. The van der Waals surface area contributed by atoms with Gasteiger partial charge in [0.05, 0.1) is 18.2 Å². The van der Waals surface area contributed by atoms with Crippen LogP contribution in [-0.4, -0.2) is 73.1 Å². The third-order valence-electron chi connectivity index (χ3n) is 6.54. The van der Waals surface area contributed by atoms with Crippen molar-refractivity contribution in [1.29, 1.82) is 0 Å². The third kappa shape index (κ3) is 5.48. The molecule has 2 aromatic rings. The average molecular weight is 463 g/mol. The number of esters is 1. The number of ether oxygens (including phenoxy) is 1. The molecule has 180 valence electrons. The number of carbonyl (C=O) groups excluding carboxylic acids is 2. The Morgan fingerprint density at radius 2 is 1.68 bits per heavy atom. The molecule has 0 bridgehead atoms. The molecule has 1 saturated heterocycles. The predicted octanol–water partition coefficient (Wildman–Crippen LogP) is 3.33. The monoisotopic (exact) mass is 462 g/mol. The quantitative estimate of drug-likeness (QED) is 0.640. The SMILES string of the molecule is CCOC(=O)C1=C(CN2CCN(Cc3ccccc3)CC2)N(C)C(=O)N[C@@H]1c1cccc(C)c1. The molecule has 7 nitrogen and oxygen atoms in total. The lowest BCUT2D eigenvalue weighted by Gasteiger charge is -2.39. The Kier molecular flexibility index (Phi) is 7.65. The number of nitrogens with zero attached hydrogens (tertiary/aromatic N) is 3. The lowest BCUT2D eigenvalue weighted by molar-refractivity contribution is -0.139. The van der Waals surface area contributed by atoms with Crippen LogP contribution < -0.4 is 5.32 Å². The third-order valence-corrected chi connectivity index (χ3v) is 6.54. The highest BCUT2D eigenvalue weighted by Gasteiger charge is 2.37. The first-order valence-electron chi connectivity index (χ1n) is 12.0. The van der Waals surface area contributed by atoms with E-state index in [4.69, 9.17) is 4.74 Å². The molecular weight excluding hydrogens is 428 g/mol. The summed E-state index contributed by atoms with van der Waals surface area (Å²) < 4.78 is 5.45. The maximum atomic E-state index is 13.1. The first-order valence-corrected chi connectivity index (χ1v) is 12.0. The molecule has 0 spiro atoms. The summed E-state index contributed by atoms with van der Waals surface area (Å²) in [5, 5.41) is 3.00. The van der Waals surface area contributed by atoms with Crippen LogP contribution in [0.25, 0.3) is 0 Å². The van der Waals surface area contributed by atoms with Gasteiger partial charge in [-0.1, -0.05) is 60.2 Å². The van der Waals surface area contributed by atoms with E-state index in [0.29, 0.717) is 17.8 Å². The number of aryl methyl sites for hydroxylation is 1. The van der Waals surface area contributed by atoms with Crippen molar-refractivity contribution in [3.63, 3.8) is 0 Å². The summed E-state index contributed by atoms with van der Waals surface area (Å²) in [5.74, 6) is -0.376. The van der Waals surface area contributed by atoms with Gasteiger partial charge in [-0.15, -0.1) is 0 Å². The molecule has 2 aliphatic rings. The second-order valence-corrected chi connectivity index (χ2v) is 8.97. The number of likely N-dealkylation sites (N-methyl/N-ethyl adjacent to an activating group) is 1. The van der Waals surface area contributed by atoms with Crippen LogP contribution >= 0.6 is 0 Å². The number of amides is 2. The number of carbonyl (C=O) groups is 2. The molecule has 2 aromatic carbocycles. The van der Waals surface area contributed by atoms with E-state index in [2.05, 4.69) is 39.4 Å². The molecule has 1 fully saturated rings. The highest BCUT2D eigenvalue weighted by Crippen LogP contribution is 2.32. The van der Waals surface area contributed by atoms with Crippen molar-refractivity contribution >= 4 is 12.0 Å². The van der Waals surface area contributed by atoms with Crippen LogP contribution in [0.4, 0.5) is 4.79 Å². The summed E-state index contributed by atoms with van der Waals surface area (Å²) >= 11 is 0. The number of urea groups is 1. The van der Waals surface area contributed by atoms with E-state index in [1.165, 1.54) is 5.56 Å². The van der Waals surface area contributed by atoms with Crippen molar-refractivity contribution < 1.29 is 14.3 Å². The first-order chi connectivity index (χ1) is 16.5. The van der Waals surface area contributed by atoms with E-state index < -0.39 is 6.04 Å². The minimum absolute atomic E-state index is 0.211. The van der Waals surface area contributed by atoms with Gasteiger partial charge in [-0.2, -0.15) is 0 Å². The number of piperazine rings is 1. The van der Waals surface area contributed by atoms with Crippen LogP contribution in [0.2, 0.25) is 0 Å². The van der Waals surface area contributed by atoms with Gasteiger partial charge in [0.2, 0.25) is 0 Å². The second-order valence-electron chi connectivity index (χ2n) is 8.97. The average Bonchev–Trinajstić information content (AvgIpc) is 2.84. The first kappa shape index (κ1) is 24.0. The zero-order chi connectivity index (χ0) is 24.1. The van der Waals surface area contributed by atoms with Crippen LogP contribution in [0.3, 0.4) is 0 Å². The normalized spacial score (nSPS) is 19.8. The number of hydrogen-bond donors (Lipinski definition) is 1. The fourth-order valence-corrected chi connectivity index (χ4v) is 4.66. The van der Waals surface area contributed by atoms with Crippen LogP contribution in [0, 0.1) is 6.92 Å². The summed E-state index contributed by atoms with van der Waals surface area (Å²) in [4.78, 5) is 32.4. The fraction of sp³-hybridized carbons (Fsp3) is 0.407. The zero-order valence-electron chi connectivity index (χ0n) is 20.3. The fourth-order valence-electron chi connectivity index (χ4n) is 4.66. The second kappa shape index (κ2) is 10.8. The molecule has 34 heavy (non-hydrogen) atoms. The van der Waals surface area contributed by atoms with Gasteiger partial charge in [-0.25, -0.2) is 9.59 Å². The van der Waals surface area contributed by atoms with Gasteiger partial charge in [0.1, 0.15) is 0 Å². The van der Waals surface area contributed by atoms with E-state index >= 15 is 0 Å². The highest BCUT2D eigenvalue weighted by molar-refractivity contribution is 5.95. The number of benzene rings is 2. The van der Waals surface area contributed by atoms with Gasteiger partial charge < -0.3 is 10.1 Å². The van der Waals surface area contributed by atoms with Crippen molar-refractivity contribution in [2.45, 2.75) is 26.4 Å². The lowest BCUT2D eigenvalue weighted by Crippen LogP contribution is -2.52. The van der Waals surface area contributed by atoms with Gasteiger partial charge >= 0.3 is 12.0 Å². The molecule has 7 heteroatoms. The van der Waals surface area contributed by atoms with Gasteiger partial charge in [0.15, 0.2) is 0 Å². The largest absolute Gasteiger partial charge is 0.463 e. The minimum atomic E-state index is -0.531. The molecule has 0 aliphatic carbocycles. The Hall–Kier alpha value is -3.16. The summed E-state index contributed by atoms with van der Waals surface area (Å²) in [6.45, 7) is 9.17. The highest BCUT2D eigenvalue weighted by atomic mass is 16.5. The van der Waals surface area contributed by atoms with E-state index in [1.807, 2.05) is 37.3 Å². The minimum Gasteiger partial charge on any atom is -0.463 e. The smallest absolute Gasteiger partial charge is 0.338 e. The number of nitrogens with one attached hydrogen (secondary N) is 1. The van der Waals surface area contributed by atoms with Crippen molar-refractivity contribution in [3.8, 4) is 0 Å². The number of hydrogen-bond acceptors (Lipinski definition) is 5. The topological polar surface area (TPSA) is 65.1 Å². The van der Waals surface area contributed by atoms with E-state index in [-0.39, 0.29) is 18.6 Å². The van der Waals surface area contributed by atoms with E-state index in [1.54, 1.807) is 18.9 Å². The maximum Gasteiger partial charge on any atom is 0.338 e. The standard InChI is InChI=1S/C27H34N4O3/c1-4-34-26(32)24-23(29(3)27(33)28-25(24)22-12-8-9-20(2)17-22)19-31-15-13-30(14-16-31)18-21-10-6-5-7-11-21/h5-12,17,25H,4,13-16,18-19H2,1-3H3,(H,28,33)/t25-/m1/s1. The molecule has 2 aliphatic heterocycles. The van der Waals surface area contributed by atoms with Crippen molar-refractivity contribution in [2.75, 3.05) is 46.4 Å². The molecule has 4 rings (SSSR count). The van der Waals surface area contributed by atoms with Gasteiger partial charge in [-0.05, 0) is 25.0 Å². The van der Waals surface area contributed by atoms with Crippen molar-refractivity contribution in [2.24, 2.45) is 0 Å². The Morgan fingerprint density at radius 1 is 1.00 bits per heavy atom. The molecule has 1 atom stereocenters. The van der Waals surface area contributed by atoms with Crippen molar-refractivity contribution in [1.82, 2.24) is 20.0 Å². The molecule has 0 unspecified atom stereocenters. The van der Waals surface area contributed by atoms with Crippen LogP contribution in [-0.2, 0) is 16.1 Å². The number of rotatable bonds is 7. The Morgan fingerprint density at radius 3 is 2.32 bits per heavy atom. The van der Waals surface area contributed by atoms with E-state index in [9.17, 15) is 9.59 Å². The van der Waals surface area contributed by atoms with Crippen LogP contribution in [0.5, 0.6) is 0 Å². The Balaban J connectivity index is 1.55. The molecular formula is C27H34N4O3. The summed E-state index contributed by atoms with van der Waals surface area (Å²) in [7, 11) is 1.72. The molecule has 2 amide bonds. The zero-order valence-corrected chi connectivity index (χ0v) is 20.3. The molecule has 0 radical (unpaired) electrons. The molecule has 0 aromatic heterocycles. The van der Waals surface area contributed by atoms with Gasteiger partial charge in [-0.3, -0.25) is 14.7 Å². The van der Waals surface area contributed by atoms with E-state index in [0.717, 1.165) is 43.9 Å². The molecule has 0 saturated carbocycles. The van der Waals surface area contributed by atoms with Gasteiger partial charge in [0, 0.05) is 52.0 Å². The molecule has 2 heterocycles. The predicted molar refractivity (Wildman–Crippen MR) is 132 cm³/mol. The summed E-state index contributed by atoms with van der Waals surface area (Å²) in [6, 6.07) is 17.7. The maximum absolute atomic E-state index is 13.1. The summed E-state index contributed by atoms with van der Waals surface area (Å²) in [5.41, 5.74) is 4.50. The van der Waals surface area contributed by atoms with Crippen LogP contribution in [0.1, 0.15) is 29.7 Å². The lowest BCUT2D eigenvalue weighted by atomic mass is 9.93.